The molecule has 2 rings (SSSR count). The number of nitrogens with zero attached hydrogens (tertiary/aromatic N) is 2. The van der Waals surface area contributed by atoms with Crippen LogP contribution in [0.4, 0.5) is 10.1 Å². The summed E-state index contributed by atoms with van der Waals surface area (Å²) in [6, 6.07) is 4.58. The molecule has 15 heavy (non-hydrogen) atoms. The first-order valence-corrected chi connectivity index (χ1v) is 4.66. The zero-order valence-corrected chi connectivity index (χ0v) is 8.66. The average Bonchev–Trinajstić information content (AvgIpc) is 2.46. The SMILES string of the molecule is Cc1cc(F)ccc1-n1cc(N)c(C)n1. The van der Waals surface area contributed by atoms with Gasteiger partial charge in [-0.3, -0.25) is 0 Å². The van der Waals surface area contributed by atoms with Crippen molar-refractivity contribution in [1.29, 1.82) is 0 Å². The lowest BCUT2D eigenvalue weighted by molar-refractivity contribution is 0.625. The lowest BCUT2D eigenvalue weighted by Gasteiger charge is -2.04. The first kappa shape index (κ1) is 9.71. The van der Waals surface area contributed by atoms with Crippen molar-refractivity contribution >= 4 is 5.69 Å². The van der Waals surface area contributed by atoms with Gasteiger partial charge in [-0.25, -0.2) is 9.07 Å². The molecule has 0 saturated carbocycles. The second-order valence-corrected chi connectivity index (χ2v) is 3.55. The first-order chi connectivity index (χ1) is 7.08. The topological polar surface area (TPSA) is 43.8 Å². The molecule has 0 radical (unpaired) electrons. The molecule has 0 spiro atoms. The zero-order chi connectivity index (χ0) is 11.0. The maximum atomic E-state index is 12.9. The Morgan fingerprint density at radius 3 is 2.60 bits per heavy atom. The highest BCUT2D eigenvalue weighted by Crippen LogP contribution is 2.17. The molecule has 0 unspecified atom stereocenters. The molecule has 0 saturated heterocycles. The molecule has 4 heteroatoms. The van der Waals surface area contributed by atoms with E-state index in [1.807, 2.05) is 13.8 Å². The molecule has 0 amide bonds. The standard InChI is InChI=1S/C11H12FN3/c1-7-5-9(12)3-4-11(7)15-6-10(13)8(2)14-15/h3-6H,13H2,1-2H3. The van der Waals surface area contributed by atoms with E-state index in [1.165, 1.54) is 12.1 Å². The van der Waals surface area contributed by atoms with E-state index in [0.29, 0.717) is 5.69 Å². The molecule has 78 valence electrons. The number of hydrogen-bond donors (Lipinski definition) is 1. The number of aromatic nitrogens is 2. The third kappa shape index (κ3) is 1.70. The van der Waals surface area contributed by atoms with Gasteiger partial charge in [-0.15, -0.1) is 0 Å². The van der Waals surface area contributed by atoms with Crippen molar-refractivity contribution in [2.75, 3.05) is 5.73 Å². The zero-order valence-electron chi connectivity index (χ0n) is 8.66. The molecule has 0 atom stereocenters. The van der Waals surface area contributed by atoms with Gasteiger partial charge in [0, 0.05) is 0 Å². The molecule has 1 heterocycles. The van der Waals surface area contributed by atoms with Crippen molar-refractivity contribution in [1.82, 2.24) is 9.78 Å². The molecule has 0 aliphatic carbocycles. The highest BCUT2D eigenvalue weighted by atomic mass is 19.1. The summed E-state index contributed by atoms with van der Waals surface area (Å²) in [6.45, 7) is 3.68. The molecule has 0 fully saturated rings. The third-order valence-corrected chi connectivity index (χ3v) is 2.34. The van der Waals surface area contributed by atoms with Gasteiger partial charge in [-0.1, -0.05) is 0 Å². The van der Waals surface area contributed by atoms with Gasteiger partial charge >= 0.3 is 0 Å². The lowest BCUT2D eigenvalue weighted by Crippen LogP contribution is -1.98. The Hall–Kier alpha value is -1.84. The van der Waals surface area contributed by atoms with Crippen LogP contribution in [0.15, 0.2) is 24.4 Å². The van der Waals surface area contributed by atoms with Crippen LogP contribution in [0.3, 0.4) is 0 Å². The minimum absolute atomic E-state index is 0.242. The van der Waals surface area contributed by atoms with Crippen molar-refractivity contribution in [2.24, 2.45) is 0 Å². The normalized spacial score (nSPS) is 10.6. The van der Waals surface area contributed by atoms with Crippen LogP contribution in [0.2, 0.25) is 0 Å². The lowest BCUT2D eigenvalue weighted by atomic mass is 10.2. The second-order valence-electron chi connectivity index (χ2n) is 3.55. The second kappa shape index (κ2) is 3.38. The summed E-state index contributed by atoms with van der Waals surface area (Å²) < 4.78 is 14.6. The van der Waals surface area contributed by atoms with E-state index >= 15 is 0 Å². The number of anilines is 1. The molecule has 0 aliphatic heterocycles. The van der Waals surface area contributed by atoms with Crippen LogP contribution in [0, 0.1) is 19.7 Å². The van der Waals surface area contributed by atoms with E-state index in [0.717, 1.165) is 16.9 Å². The van der Waals surface area contributed by atoms with Crippen LogP contribution in [0.5, 0.6) is 0 Å². The molecule has 3 nitrogen and oxygen atoms in total. The summed E-state index contributed by atoms with van der Waals surface area (Å²) in [5.41, 5.74) is 8.79. The fourth-order valence-corrected chi connectivity index (χ4v) is 1.47. The van der Waals surface area contributed by atoms with Crippen LogP contribution < -0.4 is 5.73 Å². The maximum absolute atomic E-state index is 12.9. The molecular formula is C11H12FN3. The largest absolute Gasteiger partial charge is 0.396 e. The van der Waals surface area contributed by atoms with Gasteiger partial charge in [0.2, 0.25) is 0 Å². The van der Waals surface area contributed by atoms with Crippen molar-refractivity contribution < 1.29 is 4.39 Å². The van der Waals surface area contributed by atoms with Crippen LogP contribution >= 0.6 is 0 Å². The number of halogens is 1. The van der Waals surface area contributed by atoms with E-state index in [-0.39, 0.29) is 5.82 Å². The molecule has 2 N–H and O–H groups in total. The number of hydrogen-bond acceptors (Lipinski definition) is 2. The minimum atomic E-state index is -0.242. The Kier molecular flexibility index (Phi) is 2.19. The number of aryl methyl sites for hydroxylation is 2. The van der Waals surface area contributed by atoms with Gasteiger partial charge in [0.1, 0.15) is 5.82 Å². The smallest absolute Gasteiger partial charge is 0.123 e. The highest BCUT2D eigenvalue weighted by Gasteiger charge is 2.06. The van der Waals surface area contributed by atoms with Gasteiger partial charge in [0.15, 0.2) is 0 Å². The molecule has 1 aromatic heterocycles. The Labute approximate surface area is 87.3 Å². The molecule has 1 aromatic carbocycles. The molecular weight excluding hydrogens is 193 g/mol. The van der Waals surface area contributed by atoms with Gasteiger partial charge < -0.3 is 5.73 Å². The van der Waals surface area contributed by atoms with Crippen LogP contribution in [-0.2, 0) is 0 Å². The fraction of sp³-hybridized carbons (Fsp3) is 0.182. The van der Waals surface area contributed by atoms with Crippen LogP contribution in [0.1, 0.15) is 11.3 Å². The third-order valence-electron chi connectivity index (χ3n) is 2.34. The predicted molar refractivity (Wildman–Crippen MR) is 57.4 cm³/mol. The van der Waals surface area contributed by atoms with E-state index in [1.54, 1.807) is 16.9 Å². The summed E-state index contributed by atoms with van der Waals surface area (Å²) in [7, 11) is 0. The van der Waals surface area contributed by atoms with Gasteiger partial charge in [0.25, 0.3) is 0 Å². The van der Waals surface area contributed by atoms with Gasteiger partial charge in [0.05, 0.1) is 23.3 Å². The quantitative estimate of drug-likeness (QED) is 0.775. The number of nitrogens with two attached hydrogens (primary N) is 1. The highest BCUT2D eigenvalue weighted by molar-refractivity contribution is 5.46. The number of nitrogen functional groups attached to an aromatic ring is 1. The van der Waals surface area contributed by atoms with Gasteiger partial charge in [-0.05, 0) is 37.6 Å². The summed E-state index contributed by atoms with van der Waals surface area (Å²) in [5, 5.41) is 4.24. The van der Waals surface area contributed by atoms with Crippen molar-refractivity contribution in [2.45, 2.75) is 13.8 Å². The summed E-state index contributed by atoms with van der Waals surface area (Å²) in [6.07, 6.45) is 1.73. The number of rotatable bonds is 1. The summed E-state index contributed by atoms with van der Waals surface area (Å²) >= 11 is 0. The van der Waals surface area contributed by atoms with Crippen LogP contribution in [0.25, 0.3) is 5.69 Å². The van der Waals surface area contributed by atoms with E-state index < -0.39 is 0 Å². The fourth-order valence-electron chi connectivity index (χ4n) is 1.47. The average molecular weight is 205 g/mol. The maximum Gasteiger partial charge on any atom is 0.123 e. The van der Waals surface area contributed by atoms with Crippen LogP contribution in [-0.4, -0.2) is 9.78 Å². The van der Waals surface area contributed by atoms with E-state index in [9.17, 15) is 4.39 Å². The van der Waals surface area contributed by atoms with E-state index in [2.05, 4.69) is 5.10 Å². The minimum Gasteiger partial charge on any atom is -0.396 e. The van der Waals surface area contributed by atoms with E-state index in [4.69, 9.17) is 5.73 Å². The van der Waals surface area contributed by atoms with Crippen molar-refractivity contribution in [3.8, 4) is 5.69 Å². The molecule has 0 bridgehead atoms. The Balaban J connectivity index is 2.54. The monoisotopic (exact) mass is 205 g/mol. The summed E-state index contributed by atoms with van der Waals surface area (Å²) in [4.78, 5) is 0. The molecule has 2 aromatic rings. The number of benzene rings is 1. The Morgan fingerprint density at radius 1 is 1.33 bits per heavy atom. The van der Waals surface area contributed by atoms with Gasteiger partial charge in [-0.2, -0.15) is 5.10 Å². The first-order valence-electron chi connectivity index (χ1n) is 4.66. The van der Waals surface area contributed by atoms with Crippen molar-refractivity contribution in [3.05, 3.63) is 41.5 Å². The predicted octanol–water partition coefficient (Wildman–Crippen LogP) is 2.21. The Morgan fingerprint density at radius 2 is 2.07 bits per heavy atom. The summed E-state index contributed by atoms with van der Waals surface area (Å²) in [5.74, 6) is -0.242. The Bertz CT molecular complexity index is 483. The van der Waals surface area contributed by atoms with Crippen molar-refractivity contribution in [3.63, 3.8) is 0 Å². The molecule has 0 aliphatic rings.